The van der Waals surface area contributed by atoms with Gasteiger partial charge in [0.25, 0.3) is 0 Å². The molecule has 19 heavy (non-hydrogen) atoms. The predicted molar refractivity (Wildman–Crippen MR) is 79.2 cm³/mol. The second kappa shape index (κ2) is 6.30. The van der Waals surface area contributed by atoms with Crippen LogP contribution in [0.3, 0.4) is 0 Å². The number of aryl methyl sites for hydroxylation is 1. The molecule has 2 rings (SSSR count). The van der Waals surface area contributed by atoms with Gasteiger partial charge in [-0.25, -0.2) is 4.98 Å². The molecule has 104 valence electrons. The van der Waals surface area contributed by atoms with Crippen LogP contribution in [-0.4, -0.2) is 53.9 Å². The second-order valence-electron chi connectivity index (χ2n) is 5.11. The van der Waals surface area contributed by atoms with Crippen molar-refractivity contribution in [2.45, 2.75) is 25.8 Å². The van der Waals surface area contributed by atoms with E-state index in [-0.39, 0.29) is 5.91 Å². The van der Waals surface area contributed by atoms with Gasteiger partial charge in [0.1, 0.15) is 0 Å². The molecule has 0 bridgehead atoms. The van der Waals surface area contributed by atoms with Gasteiger partial charge in [-0.2, -0.15) is 0 Å². The van der Waals surface area contributed by atoms with Crippen molar-refractivity contribution < 1.29 is 4.79 Å². The summed E-state index contributed by atoms with van der Waals surface area (Å²) in [6, 6.07) is 0.366. The zero-order valence-corrected chi connectivity index (χ0v) is 12.6. The molecule has 1 aliphatic heterocycles. The molecular weight excluding hydrogens is 258 g/mol. The van der Waals surface area contributed by atoms with Crippen LogP contribution in [0.1, 0.15) is 23.5 Å². The molecule has 1 amide bonds. The standard InChI is InChI=1S/C14H21N3OS/c1-11-15-12(10-19-11)4-5-14(18)17(3)13-6-8-16(2)9-7-13/h4-5,10,13H,6-9H2,1-3H3/b5-4-. The predicted octanol–water partition coefficient (Wildman–Crippen LogP) is 2.02. The average molecular weight is 279 g/mol. The Morgan fingerprint density at radius 3 is 2.79 bits per heavy atom. The highest BCUT2D eigenvalue weighted by Crippen LogP contribution is 2.15. The summed E-state index contributed by atoms with van der Waals surface area (Å²) in [6.45, 7) is 4.10. The zero-order valence-electron chi connectivity index (χ0n) is 11.8. The lowest BCUT2D eigenvalue weighted by Gasteiger charge is -2.34. The van der Waals surface area contributed by atoms with Crippen molar-refractivity contribution >= 4 is 23.3 Å². The zero-order chi connectivity index (χ0) is 13.8. The summed E-state index contributed by atoms with van der Waals surface area (Å²) < 4.78 is 0. The number of thiazole rings is 1. The van der Waals surface area contributed by atoms with Crippen molar-refractivity contribution in [1.82, 2.24) is 14.8 Å². The molecule has 0 saturated carbocycles. The third-order valence-corrected chi connectivity index (χ3v) is 4.41. The summed E-state index contributed by atoms with van der Waals surface area (Å²) in [5.41, 5.74) is 0.868. The number of amides is 1. The maximum atomic E-state index is 12.1. The molecule has 1 saturated heterocycles. The molecule has 1 aliphatic rings. The Labute approximate surface area is 118 Å². The molecule has 0 unspecified atom stereocenters. The Morgan fingerprint density at radius 1 is 1.53 bits per heavy atom. The van der Waals surface area contributed by atoms with Crippen LogP contribution < -0.4 is 0 Å². The van der Waals surface area contributed by atoms with Gasteiger partial charge >= 0.3 is 0 Å². The fourth-order valence-corrected chi connectivity index (χ4v) is 2.87. The summed E-state index contributed by atoms with van der Waals surface area (Å²) in [5, 5.41) is 2.99. The number of hydrogen-bond acceptors (Lipinski definition) is 4. The van der Waals surface area contributed by atoms with Crippen molar-refractivity contribution in [2.24, 2.45) is 0 Å². The van der Waals surface area contributed by atoms with E-state index in [1.165, 1.54) is 0 Å². The first-order valence-corrected chi connectivity index (χ1v) is 7.50. The molecule has 0 spiro atoms. The Morgan fingerprint density at radius 2 is 2.21 bits per heavy atom. The van der Waals surface area contributed by atoms with Crippen LogP contribution in [0.15, 0.2) is 11.5 Å². The maximum Gasteiger partial charge on any atom is 0.246 e. The smallest absolute Gasteiger partial charge is 0.246 e. The summed E-state index contributed by atoms with van der Waals surface area (Å²) in [5.74, 6) is 0.0696. The summed E-state index contributed by atoms with van der Waals surface area (Å²) in [4.78, 5) is 20.6. The highest BCUT2D eigenvalue weighted by Gasteiger charge is 2.22. The minimum Gasteiger partial charge on any atom is -0.339 e. The van der Waals surface area contributed by atoms with E-state index in [2.05, 4.69) is 16.9 Å². The molecule has 4 nitrogen and oxygen atoms in total. The normalized spacial score (nSPS) is 18.1. The minimum absolute atomic E-state index is 0.0696. The van der Waals surface area contributed by atoms with Crippen LogP contribution in [0.4, 0.5) is 0 Å². The minimum atomic E-state index is 0.0696. The maximum absolute atomic E-state index is 12.1. The fraction of sp³-hybridized carbons (Fsp3) is 0.571. The SMILES string of the molecule is Cc1nc(/C=C\C(=O)N(C)C2CCN(C)CC2)cs1. The van der Waals surface area contributed by atoms with E-state index in [4.69, 9.17) is 0 Å². The highest BCUT2D eigenvalue weighted by molar-refractivity contribution is 7.09. The number of nitrogens with zero attached hydrogens (tertiary/aromatic N) is 3. The van der Waals surface area contributed by atoms with Gasteiger partial charge in [-0.3, -0.25) is 4.79 Å². The Balaban J connectivity index is 1.90. The average Bonchev–Trinajstić information content (AvgIpc) is 2.82. The molecule has 2 heterocycles. The van der Waals surface area contributed by atoms with Gasteiger partial charge in [-0.05, 0) is 46.0 Å². The molecule has 1 fully saturated rings. The molecular formula is C14H21N3OS. The van der Waals surface area contributed by atoms with Crippen LogP contribution in [0.2, 0.25) is 0 Å². The largest absolute Gasteiger partial charge is 0.339 e. The van der Waals surface area contributed by atoms with Crippen LogP contribution >= 0.6 is 11.3 Å². The van der Waals surface area contributed by atoms with E-state index in [0.717, 1.165) is 36.6 Å². The quantitative estimate of drug-likeness (QED) is 0.794. The van der Waals surface area contributed by atoms with Gasteiger partial charge in [-0.15, -0.1) is 11.3 Å². The van der Waals surface area contributed by atoms with Crippen LogP contribution in [0, 0.1) is 6.92 Å². The van der Waals surface area contributed by atoms with Crippen LogP contribution in [-0.2, 0) is 4.79 Å². The summed E-state index contributed by atoms with van der Waals surface area (Å²) in [6.07, 6.45) is 5.55. The van der Waals surface area contributed by atoms with Crippen molar-refractivity contribution in [3.8, 4) is 0 Å². The fourth-order valence-electron chi connectivity index (χ4n) is 2.29. The number of likely N-dealkylation sites (tertiary alicyclic amines) is 1. The second-order valence-corrected chi connectivity index (χ2v) is 6.17. The third-order valence-electron chi connectivity index (χ3n) is 3.62. The highest BCUT2D eigenvalue weighted by atomic mass is 32.1. The summed E-state index contributed by atoms with van der Waals surface area (Å²) >= 11 is 1.60. The molecule has 1 aromatic rings. The van der Waals surface area contributed by atoms with Crippen molar-refractivity contribution in [1.29, 1.82) is 0 Å². The van der Waals surface area contributed by atoms with Gasteiger partial charge in [-0.1, -0.05) is 0 Å². The number of piperidine rings is 1. The molecule has 5 heteroatoms. The van der Waals surface area contributed by atoms with Gasteiger partial charge in [0, 0.05) is 24.5 Å². The van der Waals surface area contributed by atoms with E-state index in [1.807, 2.05) is 24.3 Å². The van der Waals surface area contributed by atoms with Crippen molar-refractivity contribution in [3.63, 3.8) is 0 Å². The number of aromatic nitrogens is 1. The van der Waals surface area contributed by atoms with E-state index < -0.39 is 0 Å². The molecule has 0 atom stereocenters. The molecule has 0 aliphatic carbocycles. The van der Waals surface area contributed by atoms with Crippen molar-refractivity contribution in [3.05, 3.63) is 22.2 Å². The number of likely N-dealkylation sites (N-methyl/N-ethyl adjacent to an activating group) is 1. The molecule has 0 N–H and O–H groups in total. The topological polar surface area (TPSA) is 36.4 Å². The number of hydrogen-bond donors (Lipinski definition) is 0. The van der Waals surface area contributed by atoms with Gasteiger partial charge in [0.15, 0.2) is 0 Å². The van der Waals surface area contributed by atoms with Gasteiger partial charge in [0.05, 0.1) is 10.7 Å². The lowest BCUT2D eigenvalue weighted by atomic mass is 10.0. The van der Waals surface area contributed by atoms with Crippen molar-refractivity contribution in [2.75, 3.05) is 27.2 Å². The first-order chi connectivity index (χ1) is 9.06. The molecule has 0 aromatic carbocycles. The van der Waals surface area contributed by atoms with Crippen LogP contribution in [0.5, 0.6) is 0 Å². The number of carbonyl (C=O) groups excluding carboxylic acids is 1. The third kappa shape index (κ3) is 3.88. The Hall–Kier alpha value is -1.20. The number of carbonyl (C=O) groups is 1. The van der Waals surface area contributed by atoms with E-state index in [1.54, 1.807) is 23.5 Å². The monoisotopic (exact) mass is 279 g/mol. The molecule has 0 radical (unpaired) electrons. The molecule has 1 aromatic heterocycles. The Bertz CT molecular complexity index is 461. The lowest BCUT2D eigenvalue weighted by molar-refractivity contribution is -0.127. The van der Waals surface area contributed by atoms with E-state index in [9.17, 15) is 4.79 Å². The van der Waals surface area contributed by atoms with Gasteiger partial charge < -0.3 is 9.80 Å². The van der Waals surface area contributed by atoms with Gasteiger partial charge in [0.2, 0.25) is 5.91 Å². The van der Waals surface area contributed by atoms with Crippen LogP contribution in [0.25, 0.3) is 6.08 Å². The van der Waals surface area contributed by atoms with E-state index >= 15 is 0 Å². The first-order valence-electron chi connectivity index (χ1n) is 6.62. The van der Waals surface area contributed by atoms with E-state index in [0.29, 0.717) is 6.04 Å². The summed E-state index contributed by atoms with van der Waals surface area (Å²) in [7, 11) is 4.03. The number of rotatable bonds is 3. The Kier molecular flexibility index (Phi) is 4.71. The lowest BCUT2D eigenvalue weighted by Crippen LogP contribution is -2.43. The first kappa shape index (κ1) is 14.2.